The first kappa shape index (κ1) is 27.0. The molecule has 3 aromatic rings. The fraction of sp³-hybridized carbons (Fsp3) is 0.393. The zero-order valence-electron chi connectivity index (χ0n) is 21.7. The standard InChI is InChI=1S/C28H32ClN5O5/c1-30-27(36)21-13-20-24(14-26(21)38-16-18(35)15-34-10-2-3-11-34)31-9-8-25(20)39-19-6-7-23(22(29)12-19)33-28(37)32-17-4-5-17/h6-9,12-14,17-18,35H,2-5,10-11,15-16H2,1H3,(H,30,36)(H2,32,33,37)/t18-/m1/s1. The molecule has 206 valence electrons. The maximum Gasteiger partial charge on any atom is 0.319 e. The number of carbonyl (C=O) groups is 2. The van der Waals surface area contributed by atoms with Crippen molar-refractivity contribution in [2.24, 2.45) is 0 Å². The summed E-state index contributed by atoms with van der Waals surface area (Å²) in [5.41, 5.74) is 1.33. The summed E-state index contributed by atoms with van der Waals surface area (Å²) in [4.78, 5) is 31.4. The number of hydrogen-bond donors (Lipinski definition) is 4. The van der Waals surface area contributed by atoms with Crippen molar-refractivity contribution in [3.05, 3.63) is 53.2 Å². The van der Waals surface area contributed by atoms with Crippen LogP contribution in [0.3, 0.4) is 0 Å². The Morgan fingerprint density at radius 2 is 1.95 bits per heavy atom. The number of anilines is 1. The fourth-order valence-corrected chi connectivity index (χ4v) is 4.75. The van der Waals surface area contributed by atoms with Crippen LogP contribution in [0.15, 0.2) is 42.6 Å². The van der Waals surface area contributed by atoms with Crippen LogP contribution in [0, 0.1) is 0 Å². The third kappa shape index (κ3) is 6.89. The monoisotopic (exact) mass is 553 g/mol. The van der Waals surface area contributed by atoms with Gasteiger partial charge < -0.3 is 35.4 Å². The Morgan fingerprint density at radius 3 is 2.67 bits per heavy atom. The van der Waals surface area contributed by atoms with Gasteiger partial charge in [-0.3, -0.25) is 9.78 Å². The summed E-state index contributed by atoms with van der Waals surface area (Å²) >= 11 is 6.40. The number of nitrogens with one attached hydrogen (secondary N) is 3. The number of pyridine rings is 1. The van der Waals surface area contributed by atoms with Gasteiger partial charge in [-0.25, -0.2) is 4.79 Å². The first-order chi connectivity index (χ1) is 18.9. The Kier molecular flexibility index (Phi) is 8.35. The molecule has 0 unspecified atom stereocenters. The van der Waals surface area contributed by atoms with E-state index >= 15 is 0 Å². The van der Waals surface area contributed by atoms with Crippen LogP contribution in [-0.2, 0) is 0 Å². The molecule has 0 radical (unpaired) electrons. The van der Waals surface area contributed by atoms with E-state index in [1.54, 1.807) is 49.6 Å². The van der Waals surface area contributed by atoms with Gasteiger partial charge in [-0.05, 0) is 63.0 Å². The molecule has 1 aromatic heterocycles. The Hall–Kier alpha value is -3.60. The van der Waals surface area contributed by atoms with E-state index in [1.165, 1.54) is 0 Å². The number of amides is 3. The third-order valence-corrected chi connectivity index (χ3v) is 7.02. The predicted octanol–water partition coefficient (Wildman–Crippen LogP) is 4.16. The van der Waals surface area contributed by atoms with Crippen molar-refractivity contribution < 1.29 is 24.2 Å². The zero-order chi connectivity index (χ0) is 27.4. The molecule has 0 spiro atoms. The van der Waals surface area contributed by atoms with E-state index in [0.29, 0.717) is 51.0 Å². The van der Waals surface area contributed by atoms with E-state index in [9.17, 15) is 14.7 Å². The van der Waals surface area contributed by atoms with Gasteiger partial charge in [0.1, 0.15) is 30.0 Å². The molecule has 3 amide bonds. The van der Waals surface area contributed by atoms with Gasteiger partial charge in [-0.2, -0.15) is 0 Å². The number of ether oxygens (including phenoxy) is 2. The molecule has 1 atom stereocenters. The highest BCUT2D eigenvalue weighted by Crippen LogP contribution is 2.35. The summed E-state index contributed by atoms with van der Waals surface area (Å²) in [6.45, 7) is 2.54. The van der Waals surface area contributed by atoms with E-state index in [4.69, 9.17) is 21.1 Å². The molecule has 10 nitrogen and oxygen atoms in total. The number of urea groups is 1. The maximum absolute atomic E-state index is 12.7. The largest absolute Gasteiger partial charge is 0.490 e. The van der Waals surface area contributed by atoms with E-state index in [-0.39, 0.29) is 24.6 Å². The van der Waals surface area contributed by atoms with Crippen LogP contribution in [0.2, 0.25) is 5.02 Å². The maximum atomic E-state index is 12.7. The molecular weight excluding hydrogens is 522 g/mol. The second-order valence-corrected chi connectivity index (χ2v) is 10.2. The van der Waals surface area contributed by atoms with Crippen LogP contribution in [-0.4, -0.2) is 72.4 Å². The average Bonchev–Trinajstić information content (AvgIpc) is 3.59. The highest BCUT2D eigenvalue weighted by Gasteiger charge is 2.24. The van der Waals surface area contributed by atoms with Gasteiger partial charge in [0.15, 0.2) is 0 Å². The molecule has 4 N–H and O–H groups in total. The molecule has 2 heterocycles. The Bertz CT molecular complexity index is 1360. The predicted molar refractivity (Wildman–Crippen MR) is 149 cm³/mol. The number of halogens is 1. The molecule has 2 aliphatic rings. The Morgan fingerprint density at radius 1 is 1.15 bits per heavy atom. The van der Waals surface area contributed by atoms with Crippen LogP contribution in [0.1, 0.15) is 36.0 Å². The molecule has 1 saturated heterocycles. The molecule has 39 heavy (non-hydrogen) atoms. The molecule has 1 aliphatic carbocycles. The van der Waals surface area contributed by atoms with Crippen molar-refractivity contribution in [1.29, 1.82) is 0 Å². The molecule has 1 aliphatic heterocycles. The van der Waals surface area contributed by atoms with Crippen LogP contribution in [0.4, 0.5) is 10.5 Å². The molecular formula is C28H32ClN5O5. The third-order valence-electron chi connectivity index (χ3n) is 6.70. The van der Waals surface area contributed by atoms with Gasteiger partial charge in [0.25, 0.3) is 5.91 Å². The van der Waals surface area contributed by atoms with Gasteiger partial charge in [-0.15, -0.1) is 0 Å². The highest BCUT2D eigenvalue weighted by molar-refractivity contribution is 6.33. The highest BCUT2D eigenvalue weighted by atomic mass is 35.5. The minimum atomic E-state index is -0.680. The first-order valence-corrected chi connectivity index (χ1v) is 13.5. The van der Waals surface area contributed by atoms with Crippen molar-refractivity contribution in [3.8, 4) is 17.2 Å². The molecule has 5 rings (SSSR count). The van der Waals surface area contributed by atoms with Crippen molar-refractivity contribution in [1.82, 2.24) is 20.5 Å². The second-order valence-electron chi connectivity index (χ2n) is 9.84. The van der Waals surface area contributed by atoms with E-state index in [0.717, 1.165) is 38.8 Å². The van der Waals surface area contributed by atoms with Crippen molar-refractivity contribution in [3.63, 3.8) is 0 Å². The summed E-state index contributed by atoms with van der Waals surface area (Å²) in [5, 5.41) is 19.6. The number of aliphatic hydroxyl groups is 1. The zero-order valence-corrected chi connectivity index (χ0v) is 22.5. The number of aromatic nitrogens is 1. The topological polar surface area (TPSA) is 125 Å². The van der Waals surface area contributed by atoms with E-state index in [1.807, 2.05) is 0 Å². The summed E-state index contributed by atoms with van der Waals surface area (Å²) in [6, 6.07) is 9.95. The minimum Gasteiger partial charge on any atom is -0.490 e. The SMILES string of the molecule is CNC(=O)c1cc2c(Oc3ccc(NC(=O)NC4CC4)c(Cl)c3)ccnc2cc1OC[C@H](O)CN1CCCC1. The number of aliphatic hydroxyl groups excluding tert-OH is 1. The molecule has 11 heteroatoms. The van der Waals surface area contributed by atoms with Crippen molar-refractivity contribution in [2.75, 3.05) is 38.6 Å². The minimum absolute atomic E-state index is 0.0553. The summed E-state index contributed by atoms with van der Waals surface area (Å²) in [7, 11) is 1.54. The lowest BCUT2D eigenvalue weighted by atomic mass is 10.1. The summed E-state index contributed by atoms with van der Waals surface area (Å²) < 4.78 is 12.0. The smallest absolute Gasteiger partial charge is 0.319 e. The number of fused-ring (bicyclic) bond motifs is 1. The van der Waals surface area contributed by atoms with Gasteiger partial charge in [0.05, 0.1) is 21.8 Å². The van der Waals surface area contributed by atoms with Gasteiger partial charge in [-0.1, -0.05) is 11.6 Å². The number of hydrogen-bond acceptors (Lipinski definition) is 7. The normalized spacial score (nSPS) is 16.1. The lowest BCUT2D eigenvalue weighted by Gasteiger charge is -2.20. The number of benzene rings is 2. The number of likely N-dealkylation sites (tertiary alicyclic amines) is 1. The number of carbonyl (C=O) groups excluding carboxylic acids is 2. The molecule has 2 fully saturated rings. The molecule has 1 saturated carbocycles. The van der Waals surface area contributed by atoms with Gasteiger partial charge in [0, 0.05) is 43.4 Å². The number of β-amino-alcohol motifs (C(OH)–C–C–N with tert-alkyl or cyclic N) is 1. The van der Waals surface area contributed by atoms with E-state index in [2.05, 4.69) is 25.8 Å². The van der Waals surface area contributed by atoms with E-state index < -0.39 is 6.10 Å². The summed E-state index contributed by atoms with van der Waals surface area (Å²) in [5.74, 6) is 0.912. The average molecular weight is 554 g/mol. The number of nitrogens with zero attached hydrogens (tertiary/aromatic N) is 2. The fourth-order valence-electron chi connectivity index (χ4n) is 4.53. The van der Waals surface area contributed by atoms with Crippen LogP contribution >= 0.6 is 11.6 Å². The van der Waals surface area contributed by atoms with Gasteiger partial charge >= 0.3 is 6.03 Å². The molecule has 0 bridgehead atoms. The van der Waals surface area contributed by atoms with Gasteiger partial charge in [0.2, 0.25) is 0 Å². The van der Waals surface area contributed by atoms with Crippen LogP contribution in [0.5, 0.6) is 17.2 Å². The molecule has 2 aromatic carbocycles. The first-order valence-electron chi connectivity index (χ1n) is 13.1. The Balaban J connectivity index is 1.34. The quantitative estimate of drug-likeness (QED) is 0.297. The second kappa shape index (κ2) is 12.1. The van der Waals surface area contributed by atoms with Crippen molar-refractivity contribution in [2.45, 2.75) is 37.8 Å². The van der Waals surface area contributed by atoms with Crippen LogP contribution in [0.25, 0.3) is 10.9 Å². The number of rotatable bonds is 10. The lowest BCUT2D eigenvalue weighted by molar-refractivity contribution is 0.0746. The van der Waals surface area contributed by atoms with Crippen molar-refractivity contribution >= 4 is 40.1 Å². The Labute approximate surface area is 231 Å². The summed E-state index contributed by atoms with van der Waals surface area (Å²) in [6.07, 6.45) is 5.18. The lowest BCUT2D eigenvalue weighted by Crippen LogP contribution is -2.34. The van der Waals surface area contributed by atoms with Crippen LogP contribution < -0.4 is 25.4 Å².